The predicted octanol–water partition coefficient (Wildman–Crippen LogP) is 3.46. The molecule has 2 nitrogen and oxygen atoms in total. The van der Waals surface area contributed by atoms with Gasteiger partial charge < -0.3 is 5.32 Å². The van der Waals surface area contributed by atoms with Crippen LogP contribution in [0.25, 0.3) is 0 Å². The molecule has 108 valence electrons. The molecule has 20 heavy (non-hydrogen) atoms. The van der Waals surface area contributed by atoms with Gasteiger partial charge in [0.05, 0.1) is 5.38 Å². The van der Waals surface area contributed by atoms with Crippen molar-refractivity contribution < 1.29 is 4.79 Å². The molecule has 2 unspecified atom stereocenters. The van der Waals surface area contributed by atoms with Crippen LogP contribution in [0.1, 0.15) is 43.2 Å². The molecule has 2 atom stereocenters. The van der Waals surface area contributed by atoms with Crippen molar-refractivity contribution in [2.45, 2.75) is 56.4 Å². The molecule has 1 amide bonds. The number of amides is 1. The van der Waals surface area contributed by atoms with Crippen LogP contribution >= 0.6 is 11.6 Å². The Kier molecular flexibility index (Phi) is 4.30. The zero-order valence-corrected chi connectivity index (χ0v) is 12.5. The predicted molar refractivity (Wildman–Crippen MR) is 82.0 cm³/mol. The van der Waals surface area contributed by atoms with E-state index in [9.17, 15) is 4.79 Å². The van der Waals surface area contributed by atoms with Crippen molar-refractivity contribution in [2.75, 3.05) is 0 Å². The van der Waals surface area contributed by atoms with Crippen LogP contribution in [-0.4, -0.2) is 17.3 Å². The number of carbonyl (C=O) groups excluding carboxylic acids is 1. The molecule has 2 aliphatic carbocycles. The maximum atomic E-state index is 12.5. The molecule has 0 spiro atoms. The maximum Gasteiger partial charge on any atom is 0.224 e. The molecule has 0 aromatic heterocycles. The molecule has 0 bridgehead atoms. The standard InChI is InChI=1S/C17H22ClNO/c18-15-8-2-1-3-9-16(15)19-17(20)14-10-12-6-4-5-7-13(12)11-14/h4-7,14-16H,1-3,8-11H2,(H,19,20). The smallest absolute Gasteiger partial charge is 0.224 e. The first-order valence-electron chi connectivity index (χ1n) is 7.75. The average Bonchev–Trinajstić information content (AvgIpc) is 2.79. The van der Waals surface area contributed by atoms with Gasteiger partial charge in [0.1, 0.15) is 0 Å². The van der Waals surface area contributed by atoms with Gasteiger partial charge in [-0.1, -0.05) is 43.5 Å². The Morgan fingerprint density at radius 2 is 1.70 bits per heavy atom. The normalized spacial score (nSPS) is 26.9. The van der Waals surface area contributed by atoms with E-state index in [1.807, 2.05) is 0 Å². The van der Waals surface area contributed by atoms with Crippen LogP contribution in [0.2, 0.25) is 0 Å². The van der Waals surface area contributed by atoms with Gasteiger partial charge in [0, 0.05) is 12.0 Å². The van der Waals surface area contributed by atoms with Gasteiger partial charge in [0.2, 0.25) is 5.91 Å². The summed E-state index contributed by atoms with van der Waals surface area (Å²) >= 11 is 6.41. The number of hydrogen-bond acceptors (Lipinski definition) is 1. The van der Waals surface area contributed by atoms with Gasteiger partial charge >= 0.3 is 0 Å². The largest absolute Gasteiger partial charge is 0.352 e. The molecule has 3 heteroatoms. The summed E-state index contributed by atoms with van der Waals surface area (Å²) in [6.45, 7) is 0. The van der Waals surface area contributed by atoms with Crippen LogP contribution in [-0.2, 0) is 17.6 Å². The summed E-state index contributed by atoms with van der Waals surface area (Å²) in [7, 11) is 0. The summed E-state index contributed by atoms with van der Waals surface area (Å²) in [5.41, 5.74) is 2.66. The quantitative estimate of drug-likeness (QED) is 0.656. The van der Waals surface area contributed by atoms with E-state index in [2.05, 4.69) is 29.6 Å². The summed E-state index contributed by atoms with van der Waals surface area (Å²) in [6.07, 6.45) is 7.42. The second kappa shape index (κ2) is 6.17. The monoisotopic (exact) mass is 291 g/mol. The highest BCUT2D eigenvalue weighted by atomic mass is 35.5. The van der Waals surface area contributed by atoms with Gasteiger partial charge in [0.25, 0.3) is 0 Å². The van der Waals surface area contributed by atoms with Crippen LogP contribution in [0.3, 0.4) is 0 Å². The van der Waals surface area contributed by atoms with Crippen molar-refractivity contribution in [3.63, 3.8) is 0 Å². The molecule has 0 saturated heterocycles. The lowest BCUT2D eigenvalue weighted by atomic mass is 10.0. The summed E-state index contributed by atoms with van der Waals surface area (Å²) in [4.78, 5) is 12.5. The van der Waals surface area contributed by atoms with Gasteiger partial charge in [-0.2, -0.15) is 0 Å². The number of hydrogen-bond donors (Lipinski definition) is 1. The molecule has 1 fully saturated rings. The molecule has 1 aromatic carbocycles. The van der Waals surface area contributed by atoms with E-state index in [-0.39, 0.29) is 23.2 Å². The molecule has 0 heterocycles. The molecule has 0 radical (unpaired) electrons. The SMILES string of the molecule is O=C(NC1CCCCCC1Cl)C1Cc2ccccc2C1. The van der Waals surface area contributed by atoms with Crippen LogP contribution in [0.5, 0.6) is 0 Å². The van der Waals surface area contributed by atoms with Gasteiger partial charge in [-0.05, 0) is 36.8 Å². The Hall–Kier alpha value is -1.02. The van der Waals surface area contributed by atoms with Crippen molar-refractivity contribution in [2.24, 2.45) is 5.92 Å². The van der Waals surface area contributed by atoms with Crippen LogP contribution in [0.4, 0.5) is 0 Å². The second-order valence-electron chi connectivity index (χ2n) is 6.14. The van der Waals surface area contributed by atoms with Crippen molar-refractivity contribution in [1.82, 2.24) is 5.32 Å². The minimum Gasteiger partial charge on any atom is -0.352 e. The highest BCUT2D eigenvalue weighted by Gasteiger charge is 2.30. The number of rotatable bonds is 2. The lowest BCUT2D eigenvalue weighted by Gasteiger charge is -2.23. The van der Waals surface area contributed by atoms with E-state index in [4.69, 9.17) is 11.6 Å². The van der Waals surface area contributed by atoms with Gasteiger partial charge in [-0.15, -0.1) is 11.6 Å². The number of halogens is 1. The molecule has 3 rings (SSSR count). The van der Waals surface area contributed by atoms with Gasteiger partial charge in [-0.25, -0.2) is 0 Å². The van der Waals surface area contributed by atoms with Gasteiger partial charge in [0.15, 0.2) is 0 Å². The molecular weight excluding hydrogens is 270 g/mol. The summed E-state index contributed by atoms with van der Waals surface area (Å²) in [6, 6.07) is 8.55. The van der Waals surface area contributed by atoms with Crippen molar-refractivity contribution >= 4 is 17.5 Å². The highest BCUT2D eigenvalue weighted by Crippen LogP contribution is 2.28. The Balaban J connectivity index is 1.60. The number of fused-ring (bicyclic) bond motifs is 1. The number of benzene rings is 1. The number of alkyl halides is 1. The third-order valence-corrected chi connectivity index (χ3v) is 5.20. The van der Waals surface area contributed by atoms with Crippen molar-refractivity contribution in [3.05, 3.63) is 35.4 Å². The van der Waals surface area contributed by atoms with Crippen LogP contribution in [0, 0.1) is 5.92 Å². The highest BCUT2D eigenvalue weighted by molar-refractivity contribution is 6.21. The van der Waals surface area contributed by atoms with E-state index in [0.717, 1.165) is 25.7 Å². The second-order valence-corrected chi connectivity index (χ2v) is 6.70. The molecule has 1 N–H and O–H groups in total. The molecule has 1 aromatic rings. The van der Waals surface area contributed by atoms with E-state index in [1.165, 1.54) is 30.4 Å². The number of nitrogens with one attached hydrogen (secondary N) is 1. The molecule has 0 aliphatic heterocycles. The summed E-state index contributed by atoms with van der Waals surface area (Å²) in [5, 5.41) is 3.32. The van der Waals surface area contributed by atoms with E-state index in [0.29, 0.717) is 0 Å². The summed E-state index contributed by atoms with van der Waals surface area (Å²) in [5.74, 6) is 0.290. The van der Waals surface area contributed by atoms with Crippen LogP contribution < -0.4 is 5.32 Å². The fourth-order valence-corrected chi connectivity index (χ4v) is 3.81. The summed E-state index contributed by atoms with van der Waals surface area (Å²) < 4.78 is 0. The Morgan fingerprint density at radius 3 is 2.40 bits per heavy atom. The van der Waals surface area contributed by atoms with Gasteiger partial charge in [-0.3, -0.25) is 4.79 Å². The van der Waals surface area contributed by atoms with E-state index >= 15 is 0 Å². The minimum absolute atomic E-state index is 0.0968. The van der Waals surface area contributed by atoms with E-state index < -0.39 is 0 Å². The lowest BCUT2D eigenvalue weighted by molar-refractivity contribution is -0.125. The third-order valence-electron chi connectivity index (χ3n) is 4.68. The molecule has 1 saturated carbocycles. The Labute approximate surface area is 125 Å². The average molecular weight is 292 g/mol. The van der Waals surface area contributed by atoms with Crippen LogP contribution in [0.15, 0.2) is 24.3 Å². The zero-order chi connectivity index (χ0) is 13.9. The fourth-order valence-electron chi connectivity index (χ4n) is 3.47. The Morgan fingerprint density at radius 1 is 1.05 bits per heavy atom. The van der Waals surface area contributed by atoms with Crippen molar-refractivity contribution in [1.29, 1.82) is 0 Å². The maximum absolute atomic E-state index is 12.5. The fraction of sp³-hybridized carbons (Fsp3) is 0.588. The minimum atomic E-state index is 0.0968. The third kappa shape index (κ3) is 3.01. The first kappa shape index (κ1) is 13.9. The topological polar surface area (TPSA) is 29.1 Å². The van der Waals surface area contributed by atoms with Crippen molar-refractivity contribution in [3.8, 4) is 0 Å². The lowest BCUT2D eigenvalue weighted by Crippen LogP contribution is -2.43. The van der Waals surface area contributed by atoms with E-state index in [1.54, 1.807) is 0 Å². The first-order valence-corrected chi connectivity index (χ1v) is 8.19. The molecular formula is C17H22ClNO. The number of carbonyl (C=O) groups is 1. The Bertz CT molecular complexity index is 463. The molecule has 2 aliphatic rings. The first-order chi connectivity index (χ1) is 9.74. The zero-order valence-electron chi connectivity index (χ0n) is 11.8.